The minimum atomic E-state index is -0.602. The second kappa shape index (κ2) is 9.54. The maximum Gasteiger partial charge on any atom is 0.261 e. The molecule has 29 heavy (non-hydrogen) atoms. The number of hydrogen-bond acceptors (Lipinski definition) is 5. The molecule has 0 saturated heterocycles. The number of amides is 1. The van der Waals surface area contributed by atoms with Crippen LogP contribution in [0, 0.1) is 0 Å². The van der Waals surface area contributed by atoms with E-state index in [0.29, 0.717) is 23.8 Å². The summed E-state index contributed by atoms with van der Waals surface area (Å²) >= 11 is 0. The highest BCUT2D eigenvalue weighted by Crippen LogP contribution is 2.39. The molecule has 0 saturated carbocycles. The molecule has 0 bridgehead atoms. The van der Waals surface area contributed by atoms with Crippen LogP contribution in [0.4, 0.5) is 0 Å². The van der Waals surface area contributed by atoms with E-state index in [9.17, 15) is 4.79 Å². The lowest BCUT2D eigenvalue weighted by molar-refractivity contribution is -0.127. The average Bonchev–Trinajstić information content (AvgIpc) is 2.76. The van der Waals surface area contributed by atoms with E-state index in [1.54, 1.807) is 34.3 Å². The Labute approximate surface area is 172 Å². The van der Waals surface area contributed by atoms with Crippen molar-refractivity contribution >= 4 is 5.91 Å². The van der Waals surface area contributed by atoms with Gasteiger partial charge in [0.05, 0.1) is 21.3 Å². The minimum absolute atomic E-state index is 0.185. The molecular weight excluding hydrogens is 370 g/mol. The maximum absolute atomic E-state index is 12.6. The Kier molecular flexibility index (Phi) is 6.86. The van der Waals surface area contributed by atoms with Gasteiger partial charge < -0.3 is 24.3 Å². The number of nitrogens with one attached hydrogen (secondary N) is 1. The van der Waals surface area contributed by atoms with E-state index in [-0.39, 0.29) is 5.91 Å². The molecule has 0 heterocycles. The zero-order valence-electron chi connectivity index (χ0n) is 17.5. The summed E-state index contributed by atoms with van der Waals surface area (Å²) in [5.74, 6) is 2.24. The molecule has 1 aliphatic carbocycles. The maximum atomic E-state index is 12.6. The third kappa shape index (κ3) is 4.58. The molecule has 6 heteroatoms. The SMILES string of the molecule is COc1ccc(CNC(=O)[C@@H](C)Oc2cccc3c2CCCC3)c(OC)c1OC. The van der Waals surface area contributed by atoms with Crippen molar-refractivity contribution in [3.05, 3.63) is 47.0 Å². The second-order valence-corrected chi connectivity index (χ2v) is 7.07. The first-order chi connectivity index (χ1) is 14.1. The molecule has 6 nitrogen and oxygen atoms in total. The van der Waals surface area contributed by atoms with Crippen molar-refractivity contribution in [2.24, 2.45) is 0 Å². The molecule has 0 unspecified atom stereocenters. The Balaban J connectivity index is 1.67. The Morgan fingerprint density at radius 1 is 0.966 bits per heavy atom. The van der Waals surface area contributed by atoms with Crippen molar-refractivity contribution in [3.63, 3.8) is 0 Å². The van der Waals surface area contributed by atoms with Gasteiger partial charge >= 0.3 is 0 Å². The summed E-state index contributed by atoms with van der Waals surface area (Å²) in [4.78, 5) is 12.6. The van der Waals surface area contributed by atoms with Crippen LogP contribution < -0.4 is 24.3 Å². The zero-order chi connectivity index (χ0) is 20.8. The predicted octanol–water partition coefficient (Wildman–Crippen LogP) is 3.67. The second-order valence-electron chi connectivity index (χ2n) is 7.07. The zero-order valence-corrected chi connectivity index (χ0v) is 17.5. The van der Waals surface area contributed by atoms with Crippen molar-refractivity contribution in [1.82, 2.24) is 5.32 Å². The topological polar surface area (TPSA) is 66.0 Å². The number of ether oxygens (including phenoxy) is 4. The van der Waals surface area contributed by atoms with Gasteiger partial charge in [0.15, 0.2) is 17.6 Å². The first-order valence-corrected chi connectivity index (χ1v) is 9.92. The first kappa shape index (κ1) is 20.8. The Bertz CT molecular complexity index is 865. The molecule has 0 aromatic heterocycles. The third-order valence-corrected chi connectivity index (χ3v) is 5.26. The lowest BCUT2D eigenvalue weighted by Crippen LogP contribution is -2.36. The highest BCUT2D eigenvalue weighted by molar-refractivity contribution is 5.80. The van der Waals surface area contributed by atoms with Gasteiger partial charge in [0, 0.05) is 12.1 Å². The van der Waals surface area contributed by atoms with Gasteiger partial charge in [0.2, 0.25) is 5.75 Å². The summed E-state index contributed by atoms with van der Waals surface area (Å²) in [6.07, 6.45) is 3.84. The molecule has 0 fully saturated rings. The van der Waals surface area contributed by atoms with Crippen molar-refractivity contribution < 1.29 is 23.7 Å². The van der Waals surface area contributed by atoms with Crippen molar-refractivity contribution in [3.8, 4) is 23.0 Å². The molecule has 0 spiro atoms. The molecule has 156 valence electrons. The molecule has 3 rings (SSSR count). The van der Waals surface area contributed by atoms with E-state index >= 15 is 0 Å². The number of fused-ring (bicyclic) bond motifs is 1. The monoisotopic (exact) mass is 399 g/mol. The van der Waals surface area contributed by atoms with Crippen LogP contribution in [0.5, 0.6) is 23.0 Å². The predicted molar refractivity (Wildman–Crippen MR) is 111 cm³/mol. The van der Waals surface area contributed by atoms with Gasteiger partial charge in [-0.05, 0) is 61.9 Å². The summed E-state index contributed by atoms with van der Waals surface area (Å²) in [5, 5.41) is 2.92. The number of aryl methyl sites for hydroxylation is 1. The quantitative estimate of drug-likeness (QED) is 0.734. The van der Waals surface area contributed by atoms with Crippen LogP contribution in [0.2, 0.25) is 0 Å². The van der Waals surface area contributed by atoms with Gasteiger partial charge in [-0.1, -0.05) is 12.1 Å². The van der Waals surface area contributed by atoms with Gasteiger partial charge in [-0.25, -0.2) is 0 Å². The molecule has 1 aliphatic rings. The van der Waals surface area contributed by atoms with Gasteiger partial charge in [-0.2, -0.15) is 0 Å². The summed E-state index contributed by atoms with van der Waals surface area (Å²) in [6, 6.07) is 9.73. The van der Waals surface area contributed by atoms with Crippen LogP contribution in [0.25, 0.3) is 0 Å². The lowest BCUT2D eigenvalue weighted by atomic mass is 9.91. The molecule has 1 atom stereocenters. The number of methoxy groups -OCH3 is 3. The van der Waals surface area contributed by atoms with Gasteiger partial charge in [-0.15, -0.1) is 0 Å². The molecule has 0 radical (unpaired) electrons. The van der Waals surface area contributed by atoms with Gasteiger partial charge in [0.25, 0.3) is 5.91 Å². The van der Waals surface area contributed by atoms with Crippen LogP contribution in [-0.2, 0) is 24.2 Å². The number of carbonyl (C=O) groups excluding carboxylic acids is 1. The van der Waals surface area contributed by atoms with E-state index in [2.05, 4.69) is 11.4 Å². The fourth-order valence-electron chi connectivity index (χ4n) is 3.73. The summed E-state index contributed by atoms with van der Waals surface area (Å²) in [5.41, 5.74) is 3.36. The molecule has 1 N–H and O–H groups in total. The van der Waals surface area contributed by atoms with Crippen LogP contribution in [-0.4, -0.2) is 33.3 Å². The smallest absolute Gasteiger partial charge is 0.261 e. The Morgan fingerprint density at radius 2 is 1.72 bits per heavy atom. The van der Waals surface area contributed by atoms with E-state index < -0.39 is 6.10 Å². The van der Waals surface area contributed by atoms with Crippen molar-refractivity contribution in [2.45, 2.75) is 45.3 Å². The van der Waals surface area contributed by atoms with Crippen LogP contribution in [0.3, 0.4) is 0 Å². The Morgan fingerprint density at radius 3 is 2.45 bits per heavy atom. The van der Waals surface area contributed by atoms with Crippen LogP contribution in [0.15, 0.2) is 30.3 Å². The fourth-order valence-corrected chi connectivity index (χ4v) is 3.73. The Hall–Kier alpha value is -2.89. The number of rotatable bonds is 8. The van der Waals surface area contributed by atoms with E-state index in [0.717, 1.165) is 30.6 Å². The molecule has 2 aromatic carbocycles. The number of hydrogen-bond donors (Lipinski definition) is 1. The van der Waals surface area contributed by atoms with Crippen molar-refractivity contribution in [1.29, 1.82) is 0 Å². The summed E-state index contributed by atoms with van der Waals surface area (Å²) < 4.78 is 22.2. The standard InChI is InChI=1S/C23H29NO5/c1-15(29-19-11-7-9-16-8-5-6-10-18(16)19)23(25)24-14-17-12-13-20(26-2)22(28-4)21(17)27-3/h7,9,11-13,15H,5-6,8,10,14H2,1-4H3,(H,24,25)/t15-/m1/s1. The number of carbonyl (C=O) groups is 1. The van der Waals surface area contributed by atoms with E-state index in [1.165, 1.54) is 17.5 Å². The lowest BCUT2D eigenvalue weighted by Gasteiger charge is -2.22. The molecule has 2 aromatic rings. The number of benzene rings is 2. The van der Waals surface area contributed by atoms with Crippen LogP contribution in [0.1, 0.15) is 36.5 Å². The van der Waals surface area contributed by atoms with Gasteiger partial charge in [0.1, 0.15) is 5.75 Å². The summed E-state index contributed by atoms with van der Waals surface area (Å²) in [7, 11) is 4.69. The third-order valence-electron chi connectivity index (χ3n) is 5.26. The van der Waals surface area contributed by atoms with E-state index in [4.69, 9.17) is 18.9 Å². The average molecular weight is 399 g/mol. The van der Waals surface area contributed by atoms with E-state index in [1.807, 2.05) is 18.2 Å². The largest absolute Gasteiger partial charge is 0.493 e. The highest BCUT2D eigenvalue weighted by atomic mass is 16.5. The summed E-state index contributed by atoms with van der Waals surface area (Å²) in [6.45, 7) is 2.06. The van der Waals surface area contributed by atoms with Crippen molar-refractivity contribution in [2.75, 3.05) is 21.3 Å². The van der Waals surface area contributed by atoms with Crippen LogP contribution >= 0.6 is 0 Å². The molecule has 0 aliphatic heterocycles. The molecular formula is C23H29NO5. The highest BCUT2D eigenvalue weighted by Gasteiger charge is 2.21. The minimum Gasteiger partial charge on any atom is -0.493 e. The molecule has 1 amide bonds. The normalized spacial score (nSPS) is 13.8. The fraction of sp³-hybridized carbons (Fsp3) is 0.435. The van der Waals surface area contributed by atoms with Gasteiger partial charge in [-0.3, -0.25) is 4.79 Å². The first-order valence-electron chi connectivity index (χ1n) is 9.92.